The van der Waals surface area contributed by atoms with E-state index in [1.165, 1.54) is 0 Å². The van der Waals surface area contributed by atoms with Crippen molar-refractivity contribution in [2.24, 2.45) is 5.41 Å². The zero-order valence-electron chi connectivity index (χ0n) is 18.2. The molecule has 5 nitrogen and oxygen atoms in total. The Balaban J connectivity index is 1.47. The molecule has 2 heterocycles. The molecule has 1 amide bonds. The number of nitrogens with one attached hydrogen (secondary N) is 1. The van der Waals surface area contributed by atoms with Gasteiger partial charge in [-0.1, -0.05) is 32.4 Å². The summed E-state index contributed by atoms with van der Waals surface area (Å²) in [6.07, 6.45) is 6.41. The molecular weight excluding hydrogens is 398 g/mol. The molecule has 6 heteroatoms. The summed E-state index contributed by atoms with van der Waals surface area (Å²) >= 11 is 6.42. The van der Waals surface area contributed by atoms with Crippen LogP contribution in [0.25, 0.3) is 0 Å². The maximum Gasteiger partial charge on any atom is 0.251 e. The van der Waals surface area contributed by atoms with Crippen LogP contribution in [0.1, 0.15) is 49.5 Å². The third-order valence-electron chi connectivity index (χ3n) is 5.17. The summed E-state index contributed by atoms with van der Waals surface area (Å²) in [6.45, 7) is 10.6. The molecule has 0 unspecified atom stereocenters. The number of hydrogen-bond donors (Lipinski definition) is 1. The number of amides is 1. The zero-order valence-corrected chi connectivity index (χ0v) is 18.9. The van der Waals surface area contributed by atoms with Gasteiger partial charge in [-0.3, -0.25) is 9.78 Å². The average molecular weight is 430 g/mol. The lowest BCUT2D eigenvalue weighted by molar-refractivity contribution is 0.0811. The van der Waals surface area contributed by atoms with E-state index in [-0.39, 0.29) is 12.0 Å². The number of aromatic nitrogens is 1. The van der Waals surface area contributed by atoms with Crippen LogP contribution in [-0.4, -0.2) is 48.1 Å². The van der Waals surface area contributed by atoms with Crippen molar-refractivity contribution >= 4 is 17.5 Å². The number of carbonyl (C=O) groups is 1. The molecule has 1 aromatic carbocycles. The average Bonchev–Trinajstić information content (AvgIpc) is 2.70. The molecule has 1 N–H and O–H groups in total. The summed E-state index contributed by atoms with van der Waals surface area (Å²) in [4.78, 5) is 18.9. The lowest BCUT2D eigenvalue weighted by Crippen LogP contribution is -2.42. The number of carbonyl (C=O) groups excluding carboxylic acids is 1. The maximum absolute atomic E-state index is 12.4. The van der Waals surface area contributed by atoms with Crippen LogP contribution in [-0.2, 0) is 6.42 Å². The molecule has 0 spiro atoms. The van der Waals surface area contributed by atoms with Crippen LogP contribution in [0.5, 0.6) is 5.75 Å². The normalized spacial score (nSPS) is 15.7. The number of hydrogen-bond acceptors (Lipinski definition) is 4. The Morgan fingerprint density at radius 3 is 2.53 bits per heavy atom. The van der Waals surface area contributed by atoms with Gasteiger partial charge in [0.05, 0.1) is 5.02 Å². The van der Waals surface area contributed by atoms with Gasteiger partial charge >= 0.3 is 0 Å². The second-order valence-corrected chi connectivity index (χ2v) is 9.57. The quantitative estimate of drug-likeness (QED) is 0.699. The van der Waals surface area contributed by atoms with Gasteiger partial charge in [-0.25, -0.2) is 0 Å². The Morgan fingerprint density at radius 1 is 1.20 bits per heavy atom. The molecule has 1 aliphatic heterocycles. The summed E-state index contributed by atoms with van der Waals surface area (Å²) < 4.78 is 6.14. The number of nitrogens with zero attached hydrogens (tertiary/aromatic N) is 2. The smallest absolute Gasteiger partial charge is 0.251 e. The second kappa shape index (κ2) is 10.3. The lowest BCUT2D eigenvalue weighted by atomic mass is 9.94. The number of pyridine rings is 1. The number of rotatable bonds is 7. The monoisotopic (exact) mass is 429 g/mol. The Bertz CT molecular complexity index is 828. The number of halogens is 1. The highest BCUT2D eigenvalue weighted by molar-refractivity contribution is 6.32. The topological polar surface area (TPSA) is 54.5 Å². The van der Waals surface area contributed by atoms with Crippen LogP contribution in [0, 0.1) is 5.41 Å². The van der Waals surface area contributed by atoms with Crippen molar-refractivity contribution in [1.29, 1.82) is 0 Å². The molecule has 162 valence electrons. The van der Waals surface area contributed by atoms with Gasteiger partial charge in [-0.2, -0.15) is 0 Å². The Labute approximate surface area is 184 Å². The molecule has 0 atom stereocenters. The van der Waals surface area contributed by atoms with Gasteiger partial charge in [0.15, 0.2) is 0 Å². The van der Waals surface area contributed by atoms with Gasteiger partial charge in [-0.15, -0.1) is 0 Å². The van der Waals surface area contributed by atoms with Gasteiger partial charge in [-0.05, 0) is 60.6 Å². The van der Waals surface area contributed by atoms with Crippen molar-refractivity contribution < 1.29 is 9.53 Å². The van der Waals surface area contributed by atoms with Crippen molar-refractivity contribution in [3.05, 3.63) is 58.9 Å². The third-order valence-corrected chi connectivity index (χ3v) is 5.46. The molecule has 1 aliphatic rings. The van der Waals surface area contributed by atoms with E-state index in [2.05, 4.69) is 36.0 Å². The van der Waals surface area contributed by atoms with Crippen LogP contribution in [0.2, 0.25) is 5.02 Å². The first-order chi connectivity index (χ1) is 14.3. The molecule has 0 bridgehead atoms. The van der Waals surface area contributed by atoms with Crippen molar-refractivity contribution in [3.8, 4) is 5.75 Å². The predicted octanol–water partition coefficient (Wildman–Crippen LogP) is 4.60. The van der Waals surface area contributed by atoms with Gasteiger partial charge < -0.3 is 15.0 Å². The number of likely N-dealkylation sites (tertiary alicyclic amines) is 1. The predicted molar refractivity (Wildman–Crippen MR) is 121 cm³/mol. The van der Waals surface area contributed by atoms with Crippen molar-refractivity contribution in [3.63, 3.8) is 0 Å². The van der Waals surface area contributed by atoms with E-state index in [0.717, 1.165) is 44.5 Å². The Hall–Kier alpha value is -2.11. The number of piperidine rings is 1. The first-order valence-electron chi connectivity index (χ1n) is 10.7. The van der Waals surface area contributed by atoms with Crippen molar-refractivity contribution in [1.82, 2.24) is 15.2 Å². The van der Waals surface area contributed by atoms with E-state index < -0.39 is 0 Å². The SMILES string of the molecule is CC(C)(C)CN1CCC(Oc2ccc(C(=O)NCCc3ccncc3)cc2Cl)CC1. The minimum Gasteiger partial charge on any atom is -0.489 e. The Kier molecular flexibility index (Phi) is 7.73. The highest BCUT2D eigenvalue weighted by Crippen LogP contribution is 2.29. The van der Waals surface area contributed by atoms with E-state index in [9.17, 15) is 4.79 Å². The van der Waals surface area contributed by atoms with Gasteiger partial charge in [0.25, 0.3) is 5.91 Å². The first kappa shape index (κ1) is 22.6. The van der Waals surface area contributed by atoms with E-state index >= 15 is 0 Å². The van der Waals surface area contributed by atoms with Gasteiger partial charge in [0, 0.05) is 44.1 Å². The van der Waals surface area contributed by atoms with Crippen LogP contribution < -0.4 is 10.1 Å². The molecular formula is C24H32ClN3O2. The highest BCUT2D eigenvalue weighted by Gasteiger charge is 2.24. The number of ether oxygens (including phenoxy) is 1. The largest absolute Gasteiger partial charge is 0.489 e. The van der Waals surface area contributed by atoms with Crippen LogP contribution in [0.15, 0.2) is 42.7 Å². The maximum atomic E-state index is 12.4. The van der Waals surface area contributed by atoms with E-state index in [4.69, 9.17) is 16.3 Å². The Morgan fingerprint density at radius 2 is 1.90 bits per heavy atom. The summed E-state index contributed by atoms with van der Waals surface area (Å²) in [5.41, 5.74) is 1.99. The molecule has 1 aromatic heterocycles. The third kappa shape index (κ3) is 6.99. The van der Waals surface area contributed by atoms with Crippen molar-refractivity contribution in [2.75, 3.05) is 26.2 Å². The summed E-state index contributed by atoms with van der Waals surface area (Å²) in [7, 11) is 0. The highest BCUT2D eigenvalue weighted by atomic mass is 35.5. The van der Waals surface area contributed by atoms with Crippen LogP contribution in [0.3, 0.4) is 0 Å². The minimum atomic E-state index is -0.131. The molecule has 1 saturated heterocycles. The second-order valence-electron chi connectivity index (χ2n) is 9.16. The summed E-state index contributed by atoms with van der Waals surface area (Å²) in [5.74, 6) is 0.521. The number of benzene rings is 1. The zero-order chi connectivity index (χ0) is 21.6. The summed E-state index contributed by atoms with van der Waals surface area (Å²) in [6, 6.07) is 9.16. The minimum absolute atomic E-state index is 0.131. The standard InChI is InChI=1S/C24H32ClN3O2/c1-24(2,3)17-28-14-9-20(10-15-28)30-22-5-4-19(16-21(22)25)23(29)27-13-8-18-6-11-26-12-7-18/h4-7,11-12,16,20H,8-10,13-15,17H2,1-3H3,(H,27,29). The molecule has 0 aliphatic carbocycles. The molecule has 2 aromatic rings. The molecule has 0 saturated carbocycles. The first-order valence-corrected chi connectivity index (χ1v) is 11.0. The summed E-state index contributed by atoms with van der Waals surface area (Å²) in [5, 5.41) is 3.42. The molecule has 0 radical (unpaired) electrons. The molecule has 3 rings (SSSR count). The van der Waals surface area contributed by atoms with Crippen molar-refractivity contribution in [2.45, 2.75) is 46.1 Å². The van der Waals surface area contributed by atoms with Gasteiger partial charge in [0.1, 0.15) is 11.9 Å². The molecule has 1 fully saturated rings. The molecule has 30 heavy (non-hydrogen) atoms. The fourth-order valence-corrected chi connectivity index (χ4v) is 3.97. The van der Waals surface area contributed by atoms with Crippen LogP contribution >= 0.6 is 11.6 Å². The fourth-order valence-electron chi connectivity index (χ4n) is 3.75. The van der Waals surface area contributed by atoms with Gasteiger partial charge in [0.2, 0.25) is 0 Å². The van der Waals surface area contributed by atoms with Crippen LogP contribution in [0.4, 0.5) is 0 Å². The lowest BCUT2D eigenvalue weighted by Gasteiger charge is -2.36. The van der Waals surface area contributed by atoms with E-state index in [0.29, 0.717) is 28.3 Å². The fraction of sp³-hybridized carbons (Fsp3) is 0.500. The van der Waals surface area contributed by atoms with E-state index in [1.807, 2.05) is 18.2 Å². The van der Waals surface area contributed by atoms with E-state index in [1.54, 1.807) is 24.5 Å².